The van der Waals surface area contributed by atoms with Crippen molar-refractivity contribution in [2.24, 2.45) is 0 Å². The first kappa shape index (κ1) is 14.1. The fourth-order valence-corrected chi connectivity index (χ4v) is 1.85. The summed E-state index contributed by atoms with van der Waals surface area (Å²) in [5, 5.41) is 3.50. The van der Waals surface area contributed by atoms with E-state index < -0.39 is 0 Å². The van der Waals surface area contributed by atoms with Gasteiger partial charge in [0.15, 0.2) is 0 Å². The average Bonchev–Trinajstić information content (AvgIpc) is 3.24. The van der Waals surface area contributed by atoms with Gasteiger partial charge in [-0.2, -0.15) is 0 Å². The summed E-state index contributed by atoms with van der Waals surface area (Å²) in [6, 6.07) is 8.89. The smallest absolute Gasteiger partial charge is 0.126 e. The molecule has 0 spiro atoms. The number of hydrogen-bond donors (Lipinski definition) is 1. The van der Waals surface area contributed by atoms with Crippen LogP contribution in [0.25, 0.3) is 6.08 Å². The van der Waals surface area contributed by atoms with Crippen molar-refractivity contribution in [3.05, 3.63) is 35.9 Å². The molecule has 3 nitrogen and oxygen atoms in total. The van der Waals surface area contributed by atoms with Crippen molar-refractivity contribution >= 4 is 6.08 Å². The molecular formula is C16H23NO2. The van der Waals surface area contributed by atoms with Gasteiger partial charge in [-0.1, -0.05) is 30.4 Å². The van der Waals surface area contributed by atoms with E-state index in [4.69, 9.17) is 9.47 Å². The molecule has 0 saturated heterocycles. The molecule has 1 N–H and O–H groups in total. The van der Waals surface area contributed by atoms with Crippen LogP contribution in [0.3, 0.4) is 0 Å². The van der Waals surface area contributed by atoms with Crippen molar-refractivity contribution in [3.63, 3.8) is 0 Å². The molecule has 0 amide bonds. The van der Waals surface area contributed by atoms with Gasteiger partial charge in [0.25, 0.3) is 0 Å². The lowest BCUT2D eigenvalue weighted by Crippen LogP contribution is -2.16. The zero-order valence-corrected chi connectivity index (χ0v) is 11.6. The van der Waals surface area contributed by atoms with Crippen LogP contribution in [-0.2, 0) is 4.74 Å². The summed E-state index contributed by atoms with van der Waals surface area (Å²) in [6.07, 6.45) is 8.09. The predicted molar refractivity (Wildman–Crippen MR) is 78.5 cm³/mol. The van der Waals surface area contributed by atoms with Crippen LogP contribution in [0.2, 0.25) is 0 Å². The molecule has 0 aromatic heterocycles. The van der Waals surface area contributed by atoms with Gasteiger partial charge in [-0.3, -0.25) is 0 Å². The lowest BCUT2D eigenvalue weighted by Gasteiger charge is -2.08. The highest BCUT2D eigenvalue weighted by Gasteiger charge is 2.19. The van der Waals surface area contributed by atoms with Crippen molar-refractivity contribution in [2.45, 2.75) is 25.3 Å². The van der Waals surface area contributed by atoms with Crippen LogP contribution in [0, 0.1) is 0 Å². The quantitative estimate of drug-likeness (QED) is 0.693. The van der Waals surface area contributed by atoms with E-state index in [0.29, 0.717) is 13.2 Å². The maximum Gasteiger partial charge on any atom is 0.126 e. The third-order valence-corrected chi connectivity index (χ3v) is 3.08. The Balaban J connectivity index is 1.77. The summed E-state index contributed by atoms with van der Waals surface area (Å²) < 4.78 is 10.7. The normalized spacial score (nSPS) is 15.0. The monoisotopic (exact) mass is 261 g/mol. The Hall–Kier alpha value is -1.32. The molecule has 3 heteroatoms. The van der Waals surface area contributed by atoms with Crippen LogP contribution < -0.4 is 10.1 Å². The fraction of sp³-hybridized carbons (Fsp3) is 0.500. The Kier molecular flexibility index (Phi) is 5.92. The van der Waals surface area contributed by atoms with E-state index in [1.807, 2.05) is 18.2 Å². The molecule has 0 atom stereocenters. The Morgan fingerprint density at radius 1 is 1.26 bits per heavy atom. The van der Waals surface area contributed by atoms with Gasteiger partial charge in [0.1, 0.15) is 12.4 Å². The van der Waals surface area contributed by atoms with Crippen LogP contribution in [0.4, 0.5) is 0 Å². The van der Waals surface area contributed by atoms with Gasteiger partial charge in [0, 0.05) is 18.7 Å². The minimum atomic E-state index is 0.588. The molecule has 1 aliphatic carbocycles. The number of benzene rings is 1. The molecule has 0 aliphatic heterocycles. The van der Waals surface area contributed by atoms with Gasteiger partial charge in [-0.25, -0.2) is 0 Å². The zero-order chi connectivity index (χ0) is 13.3. The number of ether oxygens (including phenoxy) is 2. The van der Waals surface area contributed by atoms with Crippen LogP contribution >= 0.6 is 0 Å². The molecule has 1 saturated carbocycles. The topological polar surface area (TPSA) is 30.5 Å². The maximum absolute atomic E-state index is 5.69. The van der Waals surface area contributed by atoms with Crippen LogP contribution in [-0.4, -0.2) is 32.9 Å². The third kappa shape index (κ3) is 5.45. The van der Waals surface area contributed by atoms with E-state index >= 15 is 0 Å². The van der Waals surface area contributed by atoms with E-state index in [1.165, 1.54) is 12.8 Å². The van der Waals surface area contributed by atoms with Crippen molar-refractivity contribution in [2.75, 3.05) is 26.9 Å². The molecule has 104 valence electrons. The summed E-state index contributed by atoms with van der Waals surface area (Å²) in [4.78, 5) is 0. The lowest BCUT2D eigenvalue weighted by molar-refractivity contribution is 0.146. The first-order valence-electron chi connectivity index (χ1n) is 7.01. The Bertz CT molecular complexity index is 399. The highest BCUT2D eigenvalue weighted by Crippen LogP contribution is 2.20. The van der Waals surface area contributed by atoms with Gasteiger partial charge in [0.05, 0.1) is 6.61 Å². The second-order valence-corrected chi connectivity index (χ2v) is 4.80. The second-order valence-electron chi connectivity index (χ2n) is 4.80. The van der Waals surface area contributed by atoms with Crippen LogP contribution in [0.1, 0.15) is 24.8 Å². The summed E-state index contributed by atoms with van der Waals surface area (Å²) in [5.74, 6) is 0.922. The minimum absolute atomic E-state index is 0.588. The van der Waals surface area contributed by atoms with Gasteiger partial charge in [0.2, 0.25) is 0 Å². The maximum atomic E-state index is 5.69. The molecule has 1 aromatic carbocycles. The molecule has 2 rings (SSSR count). The number of para-hydroxylation sites is 1. The predicted octanol–water partition coefficient (Wildman–Crippen LogP) is 2.87. The van der Waals surface area contributed by atoms with E-state index in [-0.39, 0.29) is 0 Å². The van der Waals surface area contributed by atoms with E-state index in [9.17, 15) is 0 Å². The first-order chi connectivity index (χ1) is 9.40. The largest absolute Gasteiger partial charge is 0.491 e. The lowest BCUT2D eigenvalue weighted by atomic mass is 10.2. The summed E-state index contributed by atoms with van der Waals surface area (Å²) in [5.41, 5.74) is 1.13. The van der Waals surface area contributed by atoms with E-state index in [1.54, 1.807) is 7.11 Å². The highest BCUT2D eigenvalue weighted by atomic mass is 16.5. The Morgan fingerprint density at radius 3 is 2.89 bits per heavy atom. The molecule has 0 unspecified atom stereocenters. The number of rotatable bonds is 9. The molecule has 0 bridgehead atoms. The molecule has 0 heterocycles. The second kappa shape index (κ2) is 7.97. The van der Waals surface area contributed by atoms with Gasteiger partial charge < -0.3 is 14.8 Å². The number of nitrogens with one attached hydrogen (secondary N) is 1. The molecule has 0 radical (unpaired) electrons. The standard InChI is InChI=1S/C16H23NO2/c1-18-12-13-19-16-8-3-2-6-14(16)7-4-5-11-17-15-9-10-15/h2-4,6-8,15,17H,5,9-13H2,1H3/b7-4+. The zero-order valence-electron chi connectivity index (χ0n) is 11.6. The molecule has 1 aromatic rings. The minimum Gasteiger partial charge on any atom is -0.491 e. The van der Waals surface area contributed by atoms with Gasteiger partial charge in [-0.15, -0.1) is 0 Å². The number of methoxy groups -OCH3 is 1. The molecule has 1 aliphatic rings. The van der Waals surface area contributed by atoms with Gasteiger partial charge >= 0.3 is 0 Å². The van der Waals surface area contributed by atoms with Crippen molar-refractivity contribution < 1.29 is 9.47 Å². The van der Waals surface area contributed by atoms with Crippen LogP contribution in [0.5, 0.6) is 5.75 Å². The summed E-state index contributed by atoms with van der Waals surface area (Å²) in [7, 11) is 1.68. The van der Waals surface area contributed by atoms with Gasteiger partial charge in [-0.05, 0) is 31.9 Å². The molecular weight excluding hydrogens is 238 g/mol. The van der Waals surface area contributed by atoms with Crippen molar-refractivity contribution in [3.8, 4) is 5.75 Å². The summed E-state index contributed by atoms with van der Waals surface area (Å²) >= 11 is 0. The highest BCUT2D eigenvalue weighted by molar-refractivity contribution is 5.57. The number of hydrogen-bond acceptors (Lipinski definition) is 3. The van der Waals surface area contributed by atoms with E-state index in [0.717, 1.165) is 30.3 Å². The molecule has 1 fully saturated rings. The van der Waals surface area contributed by atoms with Crippen LogP contribution in [0.15, 0.2) is 30.3 Å². The summed E-state index contributed by atoms with van der Waals surface area (Å²) in [6.45, 7) is 2.27. The Morgan fingerprint density at radius 2 is 2.11 bits per heavy atom. The SMILES string of the molecule is COCCOc1ccccc1/C=C/CCNC1CC1. The fourth-order valence-electron chi connectivity index (χ4n) is 1.85. The molecule has 19 heavy (non-hydrogen) atoms. The third-order valence-electron chi connectivity index (χ3n) is 3.08. The van der Waals surface area contributed by atoms with Crippen molar-refractivity contribution in [1.29, 1.82) is 0 Å². The average molecular weight is 261 g/mol. The first-order valence-corrected chi connectivity index (χ1v) is 7.01. The Labute approximate surface area is 115 Å². The van der Waals surface area contributed by atoms with Crippen molar-refractivity contribution in [1.82, 2.24) is 5.32 Å². The van der Waals surface area contributed by atoms with E-state index in [2.05, 4.69) is 23.5 Å².